The van der Waals surface area contributed by atoms with Crippen molar-refractivity contribution in [3.05, 3.63) is 42.2 Å². The predicted octanol–water partition coefficient (Wildman–Crippen LogP) is 4.16. The molecular weight excluding hydrogens is 354 g/mol. The molecule has 2 aromatic heterocycles. The average molecular weight is 376 g/mol. The Labute approximate surface area is 157 Å². The molecule has 1 unspecified atom stereocenters. The average Bonchev–Trinajstić information content (AvgIpc) is 3.36. The first-order valence-corrected chi connectivity index (χ1v) is 9.49. The topological polar surface area (TPSA) is 41.3 Å². The van der Waals surface area contributed by atoms with Crippen molar-refractivity contribution in [2.24, 2.45) is 5.41 Å². The number of rotatable bonds is 3. The van der Waals surface area contributed by atoms with Gasteiger partial charge in [-0.05, 0) is 55.6 Å². The van der Waals surface area contributed by atoms with E-state index in [1.54, 1.807) is 11.3 Å². The van der Waals surface area contributed by atoms with Crippen LogP contribution in [-0.4, -0.2) is 36.1 Å². The number of thiazole rings is 1. The van der Waals surface area contributed by atoms with Crippen molar-refractivity contribution < 1.29 is 4.42 Å². The minimum atomic E-state index is 0. The lowest BCUT2D eigenvalue weighted by Gasteiger charge is -2.22. The van der Waals surface area contributed by atoms with E-state index in [2.05, 4.69) is 45.5 Å². The van der Waals surface area contributed by atoms with Gasteiger partial charge in [0, 0.05) is 13.1 Å². The Morgan fingerprint density at radius 2 is 2.12 bits per heavy atom. The van der Waals surface area contributed by atoms with Gasteiger partial charge in [0.05, 0.1) is 16.8 Å². The van der Waals surface area contributed by atoms with Gasteiger partial charge in [0.25, 0.3) is 0 Å². The fourth-order valence-electron chi connectivity index (χ4n) is 4.08. The van der Waals surface area contributed by atoms with Gasteiger partial charge < -0.3 is 9.73 Å². The summed E-state index contributed by atoms with van der Waals surface area (Å²) in [5, 5.41) is 4.49. The fourth-order valence-corrected chi connectivity index (χ4v) is 5.01. The number of hydrogen-bond acceptors (Lipinski definition) is 5. The smallest absolute Gasteiger partial charge is 0.163 e. The molecule has 0 bridgehead atoms. The summed E-state index contributed by atoms with van der Waals surface area (Å²) < 4.78 is 7.31. The highest BCUT2D eigenvalue weighted by atomic mass is 35.5. The third-order valence-corrected chi connectivity index (χ3v) is 6.45. The molecule has 1 spiro atoms. The van der Waals surface area contributed by atoms with Crippen LogP contribution in [0.15, 0.2) is 40.8 Å². The molecule has 4 nitrogen and oxygen atoms in total. The van der Waals surface area contributed by atoms with Gasteiger partial charge >= 0.3 is 0 Å². The zero-order chi connectivity index (χ0) is 16.0. The van der Waals surface area contributed by atoms with Gasteiger partial charge in [-0.25, -0.2) is 4.98 Å². The molecular formula is C19H22ClN3OS. The van der Waals surface area contributed by atoms with Gasteiger partial charge in [-0.2, -0.15) is 0 Å². The van der Waals surface area contributed by atoms with Crippen molar-refractivity contribution in [1.82, 2.24) is 15.2 Å². The summed E-state index contributed by atoms with van der Waals surface area (Å²) in [5.74, 6) is 1.94. The number of para-hydroxylation sites is 1. The molecule has 2 saturated heterocycles. The minimum absolute atomic E-state index is 0. The minimum Gasteiger partial charge on any atom is -0.457 e. The molecule has 25 heavy (non-hydrogen) atoms. The van der Waals surface area contributed by atoms with Gasteiger partial charge in [0.1, 0.15) is 5.76 Å². The van der Waals surface area contributed by atoms with Gasteiger partial charge in [-0.1, -0.05) is 12.1 Å². The summed E-state index contributed by atoms with van der Waals surface area (Å²) in [7, 11) is 0. The van der Waals surface area contributed by atoms with Crippen LogP contribution in [-0.2, 0) is 6.54 Å². The Hall–Kier alpha value is -1.40. The number of halogens is 1. The van der Waals surface area contributed by atoms with Crippen LogP contribution < -0.4 is 5.32 Å². The number of fused-ring (bicyclic) bond motifs is 1. The van der Waals surface area contributed by atoms with Crippen molar-refractivity contribution >= 4 is 34.0 Å². The lowest BCUT2D eigenvalue weighted by Crippen LogP contribution is -2.28. The third kappa shape index (κ3) is 3.22. The van der Waals surface area contributed by atoms with Crippen molar-refractivity contribution in [3.63, 3.8) is 0 Å². The summed E-state index contributed by atoms with van der Waals surface area (Å²) in [6.07, 6.45) is 2.63. The Balaban J connectivity index is 0.00000157. The van der Waals surface area contributed by atoms with Crippen LogP contribution in [0, 0.1) is 5.41 Å². The first-order chi connectivity index (χ1) is 11.8. The lowest BCUT2D eigenvalue weighted by atomic mass is 9.87. The SMILES string of the molecule is Cl.c1ccc2sc(-c3ccc(CN4CCC5(CCNC5)C4)o3)nc2c1. The number of furan rings is 1. The molecule has 1 aromatic carbocycles. The maximum atomic E-state index is 6.10. The predicted molar refractivity (Wildman–Crippen MR) is 104 cm³/mol. The van der Waals surface area contributed by atoms with E-state index in [1.807, 2.05) is 6.07 Å². The molecule has 3 aromatic rings. The van der Waals surface area contributed by atoms with E-state index >= 15 is 0 Å². The molecule has 0 radical (unpaired) electrons. The van der Waals surface area contributed by atoms with E-state index in [1.165, 1.54) is 43.7 Å². The lowest BCUT2D eigenvalue weighted by molar-refractivity contribution is 0.252. The van der Waals surface area contributed by atoms with Gasteiger partial charge in [-0.3, -0.25) is 4.90 Å². The summed E-state index contributed by atoms with van der Waals surface area (Å²) in [6.45, 7) is 5.64. The Morgan fingerprint density at radius 3 is 2.96 bits per heavy atom. The molecule has 6 heteroatoms. The number of nitrogens with one attached hydrogen (secondary N) is 1. The summed E-state index contributed by atoms with van der Waals surface area (Å²) >= 11 is 1.69. The molecule has 0 aliphatic carbocycles. The second-order valence-corrected chi connectivity index (χ2v) is 8.17. The van der Waals surface area contributed by atoms with E-state index in [0.29, 0.717) is 5.41 Å². The molecule has 0 saturated carbocycles. The van der Waals surface area contributed by atoms with Crippen molar-refractivity contribution in [3.8, 4) is 10.8 Å². The first kappa shape index (κ1) is 17.0. The van der Waals surface area contributed by atoms with Gasteiger partial charge in [0.15, 0.2) is 10.8 Å². The largest absolute Gasteiger partial charge is 0.457 e. The van der Waals surface area contributed by atoms with Crippen LogP contribution in [0.3, 0.4) is 0 Å². The maximum absolute atomic E-state index is 6.10. The van der Waals surface area contributed by atoms with Crippen LogP contribution in [0.1, 0.15) is 18.6 Å². The van der Waals surface area contributed by atoms with E-state index in [-0.39, 0.29) is 12.4 Å². The Bertz CT molecular complexity index is 835. The second-order valence-electron chi connectivity index (χ2n) is 7.14. The number of hydrogen-bond donors (Lipinski definition) is 1. The summed E-state index contributed by atoms with van der Waals surface area (Å²) in [4.78, 5) is 7.22. The van der Waals surface area contributed by atoms with Crippen molar-refractivity contribution in [2.75, 3.05) is 26.2 Å². The maximum Gasteiger partial charge on any atom is 0.163 e. The molecule has 4 heterocycles. The van der Waals surface area contributed by atoms with Crippen LogP contribution in [0.2, 0.25) is 0 Å². The van der Waals surface area contributed by atoms with Gasteiger partial charge in [0.2, 0.25) is 0 Å². The van der Waals surface area contributed by atoms with Crippen LogP contribution in [0.5, 0.6) is 0 Å². The van der Waals surface area contributed by atoms with E-state index < -0.39 is 0 Å². The summed E-state index contributed by atoms with van der Waals surface area (Å²) in [6, 6.07) is 12.4. The van der Waals surface area contributed by atoms with Gasteiger partial charge in [-0.15, -0.1) is 23.7 Å². The van der Waals surface area contributed by atoms with Crippen molar-refractivity contribution in [2.45, 2.75) is 19.4 Å². The first-order valence-electron chi connectivity index (χ1n) is 8.68. The van der Waals surface area contributed by atoms with E-state index in [0.717, 1.165) is 28.6 Å². The highest BCUT2D eigenvalue weighted by Gasteiger charge is 2.40. The molecule has 1 atom stereocenters. The zero-order valence-corrected chi connectivity index (χ0v) is 15.7. The van der Waals surface area contributed by atoms with Crippen LogP contribution >= 0.6 is 23.7 Å². The normalized spacial score (nSPS) is 23.5. The number of likely N-dealkylation sites (tertiary alicyclic amines) is 1. The Morgan fingerprint density at radius 1 is 1.20 bits per heavy atom. The molecule has 132 valence electrons. The van der Waals surface area contributed by atoms with Crippen LogP contribution in [0.25, 0.3) is 21.0 Å². The van der Waals surface area contributed by atoms with E-state index in [9.17, 15) is 0 Å². The molecule has 5 rings (SSSR count). The summed E-state index contributed by atoms with van der Waals surface area (Å²) in [5.41, 5.74) is 1.56. The molecule has 2 aliphatic heterocycles. The molecule has 1 N–H and O–H groups in total. The Kier molecular flexibility index (Phi) is 4.58. The quantitative estimate of drug-likeness (QED) is 0.746. The molecule has 0 amide bonds. The zero-order valence-electron chi connectivity index (χ0n) is 14.0. The highest BCUT2D eigenvalue weighted by Crippen LogP contribution is 2.37. The number of nitrogens with zero attached hydrogens (tertiary/aromatic N) is 2. The standard InChI is InChI=1S/C19H21N3OS.ClH/c1-2-4-17-15(3-1)21-18(24-17)16-6-5-14(23-16)11-22-10-8-19(13-22)7-9-20-12-19;/h1-6,20H,7-13H2;1H. The van der Waals surface area contributed by atoms with Crippen molar-refractivity contribution in [1.29, 1.82) is 0 Å². The highest BCUT2D eigenvalue weighted by molar-refractivity contribution is 7.21. The van der Waals surface area contributed by atoms with E-state index in [4.69, 9.17) is 4.42 Å². The fraction of sp³-hybridized carbons (Fsp3) is 0.421. The number of aromatic nitrogens is 1. The molecule has 2 fully saturated rings. The van der Waals surface area contributed by atoms with Crippen LogP contribution in [0.4, 0.5) is 0 Å². The second kappa shape index (κ2) is 6.72. The molecule has 2 aliphatic rings. The monoisotopic (exact) mass is 375 g/mol. The number of benzene rings is 1. The third-order valence-electron chi connectivity index (χ3n) is 5.40.